The molecule has 1 atom stereocenters. The number of benzene rings is 1. The number of rotatable bonds is 9. The lowest BCUT2D eigenvalue weighted by Crippen LogP contribution is -2.46. The summed E-state index contributed by atoms with van der Waals surface area (Å²) in [7, 11) is 5.17. The number of guanidine groups is 1. The fraction of sp³-hybridized carbons (Fsp3) is 0.500. The van der Waals surface area contributed by atoms with E-state index in [1.165, 1.54) is 4.88 Å². The largest absolute Gasteiger partial charge is 0.497 e. The lowest BCUT2D eigenvalue weighted by atomic mass is 10.1. The Labute approximate surface area is 206 Å². The summed E-state index contributed by atoms with van der Waals surface area (Å²) in [6.07, 6.45) is 0.804. The Balaban J connectivity index is 0.00000341. The molecule has 1 aromatic carbocycles. The number of halogens is 1. The zero-order valence-corrected chi connectivity index (χ0v) is 21.6. The molecule has 1 saturated heterocycles. The molecule has 0 radical (unpaired) electrons. The second kappa shape index (κ2) is 13.8. The smallest absolute Gasteiger partial charge is 0.191 e. The van der Waals surface area contributed by atoms with Crippen LogP contribution in [0.5, 0.6) is 11.5 Å². The number of methoxy groups -OCH3 is 2. The number of morpholine rings is 1. The molecule has 0 bridgehead atoms. The first kappa shape index (κ1) is 25.7. The number of nitrogens with zero attached hydrogens (tertiary/aromatic N) is 2. The number of ether oxygens (including phenoxy) is 3. The minimum absolute atomic E-state index is 0. The first-order valence-corrected chi connectivity index (χ1v) is 11.1. The van der Waals surface area contributed by atoms with Crippen LogP contribution in [-0.4, -0.2) is 71.5 Å². The average Bonchev–Trinajstić information content (AvgIpc) is 3.33. The molecule has 31 heavy (non-hydrogen) atoms. The third-order valence-electron chi connectivity index (χ3n) is 5.22. The van der Waals surface area contributed by atoms with Gasteiger partial charge in [-0.15, -0.1) is 35.3 Å². The van der Waals surface area contributed by atoms with Gasteiger partial charge in [0.25, 0.3) is 0 Å². The number of thiophene rings is 1. The SMILES string of the molecule is CN=C(NCCc1cc(OC)ccc1OC)NCC(c1cccs1)N1CCOCC1.I. The monoisotopic (exact) mass is 560 g/mol. The second-order valence-corrected chi connectivity index (χ2v) is 7.97. The highest BCUT2D eigenvalue weighted by Crippen LogP contribution is 2.26. The van der Waals surface area contributed by atoms with E-state index in [0.29, 0.717) is 6.04 Å². The van der Waals surface area contributed by atoms with Gasteiger partial charge in [0.2, 0.25) is 0 Å². The number of hydrogen-bond acceptors (Lipinski definition) is 6. The maximum absolute atomic E-state index is 5.53. The molecule has 9 heteroatoms. The van der Waals surface area contributed by atoms with Gasteiger partial charge in [0.05, 0.1) is 33.5 Å². The lowest BCUT2D eigenvalue weighted by Gasteiger charge is -2.34. The summed E-state index contributed by atoms with van der Waals surface area (Å²) in [4.78, 5) is 8.24. The van der Waals surface area contributed by atoms with E-state index in [0.717, 1.165) is 68.8 Å². The molecule has 1 unspecified atom stereocenters. The van der Waals surface area contributed by atoms with E-state index < -0.39 is 0 Å². The molecule has 1 aromatic heterocycles. The van der Waals surface area contributed by atoms with Crippen molar-refractivity contribution in [1.29, 1.82) is 0 Å². The molecular formula is C22H33IN4O3S. The summed E-state index contributed by atoms with van der Waals surface area (Å²) >= 11 is 1.80. The highest BCUT2D eigenvalue weighted by Gasteiger charge is 2.23. The van der Waals surface area contributed by atoms with Crippen LogP contribution in [0.15, 0.2) is 40.7 Å². The van der Waals surface area contributed by atoms with E-state index in [1.807, 2.05) is 18.2 Å². The summed E-state index contributed by atoms with van der Waals surface area (Å²) in [6.45, 7) is 5.01. The normalized spacial score (nSPS) is 15.6. The molecule has 1 aliphatic rings. The van der Waals surface area contributed by atoms with Crippen molar-refractivity contribution < 1.29 is 14.2 Å². The molecule has 0 aliphatic carbocycles. The summed E-state index contributed by atoms with van der Waals surface area (Å²) in [5, 5.41) is 9.05. The first-order valence-electron chi connectivity index (χ1n) is 10.3. The average molecular weight is 561 g/mol. The summed E-state index contributed by atoms with van der Waals surface area (Å²) < 4.78 is 16.3. The highest BCUT2D eigenvalue weighted by molar-refractivity contribution is 14.0. The van der Waals surface area contributed by atoms with Crippen LogP contribution < -0.4 is 20.1 Å². The first-order chi connectivity index (χ1) is 14.7. The zero-order valence-electron chi connectivity index (χ0n) is 18.4. The van der Waals surface area contributed by atoms with Crippen molar-refractivity contribution in [3.05, 3.63) is 46.2 Å². The minimum atomic E-state index is 0. The van der Waals surface area contributed by atoms with Crippen LogP contribution in [0.25, 0.3) is 0 Å². The standard InChI is InChI=1S/C22H32N4O3S.HI/c1-23-22(24-9-8-17-15-18(27-2)6-7-20(17)28-3)25-16-19(21-5-4-14-30-21)26-10-12-29-13-11-26;/h4-7,14-15,19H,8-13,16H2,1-3H3,(H2,23,24,25);1H. The molecule has 1 fully saturated rings. The van der Waals surface area contributed by atoms with E-state index in [1.54, 1.807) is 32.6 Å². The molecule has 0 amide bonds. The van der Waals surface area contributed by atoms with Gasteiger partial charge in [-0.25, -0.2) is 0 Å². The van der Waals surface area contributed by atoms with Crippen molar-refractivity contribution in [2.24, 2.45) is 4.99 Å². The van der Waals surface area contributed by atoms with Gasteiger partial charge < -0.3 is 24.8 Å². The molecule has 1 aliphatic heterocycles. The van der Waals surface area contributed by atoms with Crippen LogP contribution in [0, 0.1) is 0 Å². The van der Waals surface area contributed by atoms with Gasteiger partial charge in [-0.05, 0) is 41.6 Å². The van der Waals surface area contributed by atoms with Crippen molar-refractivity contribution in [1.82, 2.24) is 15.5 Å². The topological polar surface area (TPSA) is 67.4 Å². The van der Waals surface area contributed by atoms with Gasteiger partial charge >= 0.3 is 0 Å². The Hall–Kier alpha value is -1.56. The van der Waals surface area contributed by atoms with Crippen LogP contribution >= 0.6 is 35.3 Å². The maximum atomic E-state index is 5.53. The van der Waals surface area contributed by atoms with Gasteiger partial charge in [-0.2, -0.15) is 0 Å². The van der Waals surface area contributed by atoms with Crippen molar-refractivity contribution in [3.63, 3.8) is 0 Å². The predicted molar refractivity (Wildman–Crippen MR) is 137 cm³/mol. The van der Waals surface area contributed by atoms with Crippen molar-refractivity contribution in [2.75, 3.05) is 60.7 Å². The summed E-state index contributed by atoms with van der Waals surface area (Å²) in [5.41, 5.74) is 1.10. The van der Waals surface area contributed by atoms with E-state index in [9.17, 15) is 0 Å². The summed E-state index contributed by atoms with van der Waals surface area (Å²) in [6, 6.07) is 10.5. The molecule has 2 heterocycles. The van der Waals surface area contributed by atoms with E-state index in [4.69, 9.17) is 14.2 Å². The fourth-order valence-corrected chi connectivity index (χ4v) is 4.45. The third-order valence-corrected chi connectivity index (χ3v) is 6.19. The van der Waals surface area contributed by atoms with Gasteiger partial charge in [0.15, 0.2) is 5.96 Å². The molecule has 172 valence electrons. The predicted octanol–water partition coefficient (Wildman–Crippen LogP) is 3.16. The second-order valence-electron chi connectivity index (χ2n) is 6.99. The number of aliphatic imine (C=N–C) groups is 1. The molecule has 0 spiro atoms. The molecule has 2 aromatic rings. The zero-order chi connectivity index (χ0) is 21.2. The third kappa shape index (κ3) is 7.51. The van der Waals surface area contributed by atoms with E-state index in [-0.39, 0.29) is 24.0 Å². The summed E-state index contributed by atoms with van der Waals surface area (Å²) in [5.74, 6) is 2.50. The Morgan fingerprint density at radius 2 is 2.00 bits per heavy atom. The van der Waals surface area contributed by atoms with Crippen LogP contribution in [0.2, 0.25) is 0 Å². The molecule has 2 N–H and O–H groups in total. The maximum Gasteiger partial charge on any atom is 0.191 e. The van der Waals surface area contributed by atoms with Crippen LogP contribution in [0.1, 0.15) is 16.5 Å². The van der Waals surface area contributed by atoms with Crippen LogP contribution in [-0.2, 0) is 11.2 Å². The van der Waals surface area contributed by atoms with Crippen molar-refractivity contribution in [3.8, 4) is 11.5 Å². The molecule has 0 saturated carbocycles. The molecule has 3 rings (SSSR count). The van der Waals surface area contributed by atoms with E-state index >= 15 is 0 Å². The Bertz CT molecular complexity index is 798. The number of nitrogens with one attached hydrogen (secondary N) is 2. The van der Waals surface area contributed by atoms with Crippen molar-refractivity contribution in [2.45, 2.75) is 12.5 Å². The Morgan fingerprint density at radius 3 is 2.65 bits per heavy atom. The highest BCUT2D eigenvalue weighted by atomic mass is 127. The van der Waals surface area contributed by atoms with E-state index in [2.05, 4.69) is 38.0 Å². The quantitative estimate of drug-likeness (QED) is 0.279. The van der Waals surface area contributed by atoms with Crippen molar-refractivity contribution >= 4 is 41.3 Å². The lowest BCUT2D eigenvalue weighted by molar-refractivity contribution is 0.0177. The fourth-order valence-electron chi connectivity index (χ4n) is 3.59. The van der Waals surface area contributed by atoms with Crippen LogP contribution in [0.4, 0.5) is 0 Å². The molecular weight excluding hydrogens is 527 g/mol. The van der Waals surface area contributed by atoms with Gasteiger partial charge in [0, 0.05) is 38.1 Å². The Kier molecular flexibility index (Phi) is 11.4. The minimum Gasteiger partial charge on any atom is -0.497 e. The van der Waals surface area contributed by atoms with Gasteiger partial charge in [0.1, 0.15) is 11.5 Å². The van der Waals surface area contributed by atoms with Gasteiger partial charge in [-0.1, -0.05) is 6.07 Å². The Morgan fingerprint density at radius 1 is 1.19 bits per heavy atom. The van der Waals surface area contributed by atoms with Crippen LogP contribution in [0.3, 0.4) is 0 Å². The number of hydrogen-bond donors (Lipinski definition) is 2. The van der Waals surface area contributed by atoms with Gasteiger partial charge in [-0.3, -0.25) is 9.89 Å². The molecule has 7 nitrogen and oxygen atoms in total.